The highest BCUT2D eigenvalue weighted by molar-refractivity contribution is 5.75. The second-order valence-electron chi connectivity index (χ2n) is 4.96. The Balaban J connectivity index is 2.82. The summed E-state index contributed by atoms with van der Waals surface area (Å²) >= 11 is 0. The Labute approximate surface area is 110 Å². The van der Waals surface area contributed by atoms with Crippen LogP contribution in [0.5, 0.6) is 0 Å². The second-order valence-corrected chi connectivity index (χ2v) is 4.96. The lowest BCUT2D eigenvalue weighted by Gasteiger charge is -2.24. The van der Waals surface area contributed by atoms with E-state index in [1.807, 2.05) is 0 Å². The molecule has 19 heavy (non-hydrogen) atoms. The van der Waals surface area contributed by atoms with Crippen LogP contribution in [0.25, 0.3) is 0 Å². The van der Waals surface area contributed by atoms with Gasteiger partial charge in [-0.05, 0) is 26.8 Å². The van der Waals surface area contributed by atoms with Gasteiger partial charge in [0.25, 0.3) is 0 Å². The molecule has 0 bridgehead atoms. The van der Waals surface area contributed by atoms with Crippen molar-refractivity contribution >= 4 is 12.1 Å². The summed E-state index contributed by atoms with van der Waals surface area (Å²) in [7, 11) is 0. The van der Waals surface area contributed by atoms with Gasteiger partial charge in [-0.3, -0.25) is 0 Å². The number of rotatable bonds is 4. The number of hydrogen-bond acceptors (Lipinski definition) is 5. The van der Waals surface area contributed by atoms with Crippen LogP contribution in [0.3, 0.4) is 0 Å². The second kappa shape index (κ2) is 5.75. The van der Waals surface area contributed by atoms with Crippen molar-refractivity contribution in [1.82, 2.24) is 5.32 Å². The summed E-state index contributed by atoms with van der Waals surface area (Å²) in [6.07, 6.45) is -0.0638. The molecular weight excluding hydrogens is 254 g/mol. The predicted octanol–water partition coefficient (Wildman–Crippen LogP) is 1.29. The van der Waals surface area contributed by atoms with Crippen molar-refractivity contribution in [1.29, 1.82) is 0 Å². The Kier molecular flexibility index (Phi) is 4.55. The molecule has 1 aromatic rings. The van der Waals surface area contributed by atoms with Crippen LogP contribution in [0.15, 0.2) is 23.0 Å². The first-order valence-electron chi connectivity index (χ1n) is 5.63. The van der Waals surface area contributed by atoms with Crippen LogP contribution < -0.4 is 5.32 Å². The Hall–Kier alpha value is -2.02. The molecule has 0 radical (unpaired) electrons. The molecule has 1 rings (SSSR count). The Morgan fingerprint density at radius 2 is 2.05 bits per heavy atom. The lowest BCUT2D eigenvalue weighted by molar-refractivity contribution is -0.148. The van der Waals surface area contributed by atoms with Gasteiger partial charge >= 0.3 is 12.1 Å². The zero-order valence-electron chi connectivity index (χ0n) is 10.9. The van der Waals surface area contributed by atoms with E-state index >= 15 is 0 Å². The van der Waals surface area contributed by atoms with Crippen LogP contribution >= 0.6 is 0 Å². The molecule has 7 nitrogen and oxygen atoms in total. The summed E-state index contributed by atoms with van der Waals surface area (Å²) in [5.74, 6) is -1.46. The van der Waals surface area contributed by atoms with E-state index in [4.69, 9.17) is 14.3 Å². The van der Waals surface area contributed by atoms with E-state index < -0.39 is 29.8 Å². The van der Waals surface area contributed by atoms with Crippen LogP contribution in [0.1, 0.15) is 32.4 Å². The van der Waals surface area contributed by atoms with Crippen molar-refractivity contribution in [3.63, 3.8) is 0 Å². The molecular formula is C12H17NO6. The fourth-order valence-electron chi connectivity index (χ4n) is 1.37. The number of aliphatic hydroxyl groups excluding tert-OH is 1. The number of hydrogen-bond donors (Lipinski definition) is 3. The zero-order chi connectivity index (χ0) is 14.6. The molecule has 1 aromatic heterocycles. The monoisotopic (exact) mass is 271 g/mol. The number of carbonyl (C=O) groups excluding carboxylic acids is 1. The highest BCUT2D eigenvalue weighted by Gasteiger charge is 2.31. The number of alkyl carbamates (subject to hydrolysis) is 1. The number of aliphatic hydroxyl groups is 1. The van der Waals surface area contributed by atoms with Gasteiger partial charge in [-0.25, -0.2) is 9.59 Å². The molecule has 106 valence electrons. The van der Waals surface area contributed by atoms with Crippen molar-refractivity contribution in [3.8, 4) is 0 Å². The van der Waals surface area contributed by atoms with E-state index in [0.29, 0.717) is 5.56 Å². The molecule has 0 aliphatic carbocycles. The minimum Gasteiger partial charge on any atom is -0.479 e. The molecule has 1 amide bonds. The van der Waals surface area contributed by atoms with E-state index in [9.17, 15) is 14.7 Å². The maximum Gasteiger partial charge on any atom is 0.408 e. The van der Waals surface area contributed by atoms with Gasteiger partial charge in [-0.15, -0.1) is 0 Å². The molecule has 0 fully saturated rings. The molecule has 1 heterocycles. The lowest BCUT2D eigenvalue weighted by atomic mass is 10.1. The molecule has 0 saturated heterocycles. The largest absolute Gasteiger partial charge is 0.479 e. The third kappa shape index (κ3) is 4.63. The van der Waals surface area contributed by atoms with Crippen LogP contribution in [0.2, 0.25) is 0 Å². The molecule has 0 aliphatic heterocycles. The van der Waals surface area contributed by atoms with Gasteiger partial charge in [0, 0.05) is 5.56 Å². The molecule has 7 heteroatoms. The van der Waals surface area contributed by atoms with E-state index in [1.54, 1.807) is 20.8 Å². The minimum atomic E-state index is -1.80. The van der Waals surface area contributed by atoms with Gasteiger partial charge in [0.15, 0.2) is 6.10 Å². The van der Waals surface area contributed by atoms with E-state index in [2.05, 4.69) is 5.32 Å². The smallest absolute Gasteiger partial charge is 0.408 e. The normalized spacial score (nSPS) is 14.5. The van der Waals surface area contributed by atoms with Crippen LogP contribution in [-0.4, -0.2) is 34.0 Å². The third-order valence-corrected chi connectivity index (χ3v) is 2.14. The summed E-state index contributed by atoms with van der Waals surface area (Å²) in [6, 6.07) is 0.305. The first-order valence-corrected chi connectivity index (χ1v) is 5.63. The SMILES string of the molecule is CC(C)(C)OC(=O)N[C@@H](c1ccoc1)[C@@H](O)C(=O)O. The van der Waals surface area contributed by atoms with Gasteiger partial charge < -0.3 is 24.7 Å². The van der Waals surface area contributed by atoms with Gasteiger partial charge in [-0.2, -0.15) is 0 Å². The van der Waals surface area contributed by atoms with Gasteiger partial charge in [0.1, 0.15) is 5.60 Å². The number of aliphatic carboxylic acids is 1. The summed E-state index contributed by atoms with van der Waals surface area (Å²) in [5.41, 5.74) is -0.389. The van der Waals surface area contributed by atoms with Gasteiger partial charge in [0.05, 0.1) is 18.6 Å². The first kappa shape index (κ1) is 15.0. The molecule has 3 N–H and O–H groups in total. The molecule has 0 saturated carbocycles. The number of amides is 1. The summed E-state index contributed by atoms with van der Waals surface area (Å²) in [5, 5.41) is 20.7. The zero-order valence-corrected chi connectivity index (χ0v) is 10.9. The van der Waals surface area contributed by atoms with Crippen molar-refractivity contribution in [2.24, 2.45) is 0 Å². The highest BCUT2D eigenvalue weighted by Crippen LogP contribution is 2.19. The van der Waals surface area contributed by atoms with Crippen LogP contribution in [0.4, 0.5) is 4.79 Å². The maximum atomic E-state index is 11.6. The molecule has 0 spiro atoms. The van der Waals surface area contributed by atoms with Crippen LogP contribution in [-0.2, 0) is 9.53 Å². The molecule has 0 aliphatic rings. The Bertz CT molecular complexity index is 434. The number of carboxylic acids is 1. The van der Waals surface area contributed by atoms with Crippen molar-refractivity contribution in [2.75, 3.05) is 0 Å². The lowest BCUT2D eigenvalue weighted by Crippen LogP contribution is -2.42. The Morgan fingerprint density at radius 1 is 1.42 bits per heavy atom. The maximum absolute atomic E-state index is 11.6. The minimum absolute atomic E-state index is 0.334. The number of carboxylic acid groups (broad SMARTS) is 1. The van der Waals surface area contributed by atoms with Crippen molar-refractivity contribution in [3.05, 3.63) is 24.2 Å². The van der Waals surface area contributed by atoms with E-state index in [-0.39, 0.29) is 0 Å². The number of ether oxygens (including phenoxy) is 1. The number of carbonyl (C=O) groups is 2. The quantitative estimate of drug-likeness (QED) is 0.761. The first-order chi connectivity index (χ1) is 8.70. The molecule has 2 atom stereocenters. The van der Waals surface area contributed by atoms with Crippen LogP contribution in [0, 0.1) is 0 Å². The summed E-state index contributed by atoms with van der Waals surface area (Å²) in [4.78, 5) is 22.5. The van der Waals surface area contributed by atoms with E-state index in [0.717, 1.165) is 0 Å². The average molecular weight is 271 g/mol. The Morgan fingerprint density at radius 3 is 2.47 bits per heavy atom. The predicted molar refractivity (Wildman–Crippen MR) is 64.5 cm³/mol. The topological polar surface area (TPSA) is 109 Å². The highest BCUT2D eigenvalue weighted by atomic mass is 16.6. The van der Waals surface area contributed by atoms with Crippen molar-refractivity contribution in [2.45, 2.75) is 38.5 Å². The molecule has 0 aromatic carbocycles. The van der Waals surface area contributed by atoms with Crippen molar-refractivity contribution < 1.29 is 29.0 Å². The average Bonchev–Trinajstić information content (AvgIpc) is 2.75. The summed E-state index contributed by atoms with van der Waals surface area (Å²) < 4.78 is 9.82. The third-order valence-electron chi connectivity index (χ3n) is 2.14. The number of furan rings is 1. The van der Waals surface area contributed by atoms with Gasteiger partial charge in [0.2, 0.25) is 0 Å². The number of nitrogens with one attached hydrogen (secondary N) is 1. The van der Waals surface area contributed by atoms with Gasteiger partial charge in [-0.1, -0.05) is 0 Å². The van der Waals surface area contributed by atoms with E-state index in [1.165, 1.54) is 18.6 Å². The molecule has 0 unspecified atom stereocenters. The summed E-state index contributed by atoms with van der Waals surface area (Å²) in [6.45, 7) is 5.02. The fraction of sp³-hybridized carbons (Fsp3) is 0.500. The standard InChI is InChI=1S/C12H17NO6/c1-12(2,3)19-11(17)13-8(9(14)10(15)16)7-4-5-18-6-7/h4-6,8-9,14H,1-3H3,(H,13,17)(H,15,16)/t8-,9+/m0/s1. The fourth-order valence-corrected chi connectivity index (χ4v) is 1.37.